The van der Waals surface area contributed by atoms with E-state index in [-0.39, 0.29) is 0 Å². The highest BCUT2D eigenvalue weighted by atomic mass is 31.2. The van der Waals surface area contributed by atoms with E-state index in [4.69, 9.17) is 0 Å². The number of para-hydroxylation sites is 3. The van der Waals surface area contributed by atoms with Gasteiger partial charge in [-0.2, -0.15) is 0 Å². The number of fused-ring (bicyclic) bond motifs is 4. The molecule has 0 spiro atoms. The first-order valence-corrected chi connectivity index (χ1v) is 12.6. The summed E-state index contributed by atoms with van der Waals surface area (Å²) in [5.41, 5.74) is 7.66. The standard InChI is InChI=1S/C28H21N2OP/c1-18-19(2)29-23-14-9-15-24-28(23)32(31,26-17-8-12-21(18)27(26)29)25-16-7-6-13-22(25)30(24)20-10-4-3-5-11-20/h3-17H,1-2H3. The van der Waals surface area contributed by atoms with Crippen molar-refractivity contribution in [2.24, 2.45) is 0 Å². The highest BCUT2D eigenvalue weighted by Gasteiger charge is 2.47. The van der Waals surface area contributed by atoms with Gasteiger partial charge in [0, 0.05) is 27.4 Å². The van der Waals surface area contributed by atoms with Crippen molar-refractivity contribution in [1.82, 2.24) is 4.57 Å². The van der Waals surface area contributed by atoms with E-state index in [9.17, 15) is 0 Å². The zero-order valence-electron chi connectivity index (χ0n) is 17.9. The van der Waals surface area contributed by atoms with Crippen LogP contribution in [0.5, 0.6) is 0 Å². The highest BCUT2D eigenvalue weighted by molar-refractivity contribution is 7.86. The normalized spacial score (nSPS) is 17.9. The van der Waals surface area contributed by atoms with Gasteiger partial charge < -0.3 is 14.0 Å². The van der Waals surface area contributed by atoms with Crippen LogP contribution in [0.2, 0.25) is 0 Å². The van der Waals surface area contributed by atoms with Crippen LogP contribution in [-0.4, -0.2) is 4.57 Å². The minimum atomic E-state index is -3.06. The van der Waals surface area contributed by atoms with E-state index >= 15 is 4.57 Å². The first kappa shape index (κ1) is 18.1. The fourth-order valence-electron chi connectivity index (χ4n) is 5.63. The summed E-state index contributed by atoms with van der Waals surface area (Å²) in [4.78, 5) is 2.27. The predicted octanol–water partition coefficient (Wildman–Crippen LogP) is 5.98. The molecule has 0 radical (unpaired) electrons. The molecule has 4 heteroatoms. The Balaban J connectivity index is 1.72. The van der Waals surface area contributed by atoms with Gasteiger partial charge in [0.05, 0.1) is 27.9 Å². The number of nitrogens with zero attached hydrogens (tertiary/aromatic N) is 2. The molecular weight excluding hydrogens is 411 g/mol. The van der Waals surface area contributed by atoms with Crippen molar-refractivity contribution in [3.05, 3.63) is 102 Å². The van der Waals surface area contributed by atoms with Gasteiger partial charge in [-0.1, -0.05) is 48.5 Å². The Morgan fingerprint density at radius 1 is 0.656 bits per heavy atom. The van der Waals surface area contributed by atoms with E-state index < -0.39 is 7.14 Å². The molecule has 3 nitrogen and oxygen atoms in total. The molecule has 0 fully saturated rings. The molecule has 0 N–H and O–H groups in total. The fourth-order valence-corrected chi connectivity index (χ4v) is 8.98. The van der Waals surface area contributed by atoms with Gasteiger partial charge in [-0.15, -0.1) is 0 Å². The third kappa shape index (κ3) is 1.96. The third-order valence-corrected chi connectivity index (χ3v) is 10.3. The van der Waals surface area contributed by atoms with Crippen LogP contribution in [-0.2, 0) is 4.57 Å². The average Bonchev–Trinajstić information content (AvgIpc) is 3.09. The number of aromatic nitrogens is 1. The van der Waals surface area contributed by atoms with Crippen LogP contribution < -0.4 is 20.8 Å². The average molecular weight is 432 g/mol. The van der Waals surface area contributed by atoms with Crippen LogP contribution in [0.3, 0.4) is 0 Å². The lowest BCUT2D eigenvalue weighted by molar-refractivity contribution is 0.592. The Morgan fingerprint density at radius 3 is 2.16 bits per heavy atom. The quantitative estimate of drug-likeness (QED) is 0.298. The Bertz CT molecular complexity index is 1630. The lowest BCUT2D eigenvalue weighted by atomic mass is 10.1. The van der Waals surface area contributed by atoms with Crippen molar-refractivity contribution in [2.75, 3.05) is 4.90 Å². The lowest BCUT2D eigenvalue weighted by Gasteiger charge is -2.41. The molecule has 1 unspecified atom stereocenters. The Morgan fingerprint density at radius 2 is 1.31 bits per heavy atom. The molecule has 7 rings (SSSR count). The van der Waals surface area contributed by atoms with E-state index in [1.54, 1.807) is 0 Å². The maximum Gasteiger partial charge on any atom is 0.179 e. The molecule has 154 valence electrons. The van der Waals surface area contributed by atoms with Gasteiger partial charge in [-0.05, 0) is 61.9 Å². The van der Waals surface area contributed by atoms with Gasteiger partial charge in [-0.25, -0.2) is 0 Å². The Labute approximate surface area is 186 Å². The zero-order valence-corrected chi connectivity index (χ0v) is 18.8. The largest absolute Gasteiger partial charge is 0.312 e. The second kappa shape index (κ2) is 6.03. The fraction of sp³-hybridized carbons (Fsp3) is 0.0714. The Hall–Kier alpha value is -3.55. The van der Waals surface area contributed by atoms with Crippen LogP contribution in [0.25, 0.3) is 16.6 Å². The van der Waals surface area contributed by atoms with Crippen LogP contribution in [0, 0.1) is 13.8 Å². The molecule has 0 amide bonds. The summed E-state index contributed by atoms with van der Waals surface area (Å²) in [5, 5.41) is 4.00. The van der Waals surface area contributed by atoms with Gasteiger partial charge in [0.25, 0.3) is 0 Å². The van der Waals surface area contributed by atoms with Crippen molar-refractivity contribution in [2.45, 2.75) is 13.8 Å². The van der Waals surface area contributed by atoms with E-state index in [1.807, 2.05) is 18.2 Å². The summed E-state index contributed by atoms with van der Waals surface area (Å²) >= 11 is 0. The molecule has 0 bridgehead atoms. The van der Waals surface area contributed by atoms with Crippen molar-refractivity contribution < 1.29 is 4.57 Å². The SMILES string of the molecule is Cc1c(C)n2c3c(cccc13)P1(=O)c3ccccc3N(c3ccccc3)c3cccc-2c31. The van der Waals surface area contributed by atoms with Gasteiger partial charge in [0.2, 0.25) is 0 Å². The summed E-state index contributed by atoms with van der Waals surface area (Å²) in [7, 11) is -3.06. The minimum Gasteiger partial charge on any atom is -0.312 e. The molecule has 2 aliphatic heterocycles. The molecule has 0 saturated heterocycles. The zero-order chi connectivity index (χ0) is 21.6. The first-order chi connectivity index (χ1) is 15.6. The topological polar surface area (TPSA) is 25.2 Å². The van der Waals surface area contributed by atoms with Crippen molar-refractivity contribution in [3.63, 3.8) is 0 Å². The molecule has 4 aromatic carbocycles. The number of rotatable bonds is 1. The number of hydrogen-bond donors (Lipinski definition) is 0. The van der Waals surface area contributed by atoms with Gasteiger partial charge in [0.15, 0.2) is 7.14 Å². The summed E-state index contributed by atoms with van der Waals surface area (Å²) in [6.45, 7) is 4.34. The van der Waals surface area contributed by atoms with Crippen molar-refractivity contribution in [3.8, 4) is 5.69 Å². The second-order valence-electron chi connectivity index (χ2n) is 8.63. The number of benzene rings is 4. The number of aryl methyl sites for hydroxylation is 1. The molecule has 3 heterocycles. The van der Waals surface area contributed by atoms with Crippen LogP contribution in [0.4, 0.5) is 17.1 Å². The summed E-state index contributed by atoms with van der Waals surface area (Å²) in [6.07, 6.45) is 0. The molecule has 1 aromatic heterocycles. The van der Waals surface area contributed by atoms with Gasteiger partial charge in [0.1, 0.15) is 0 Å². The molecular formula is C28H21N2OP. The molecule has 5 aromatic rings. The van der Waals surface area contributed by atoms with E-state index in [0.717, 1.165) is 44.2 Å². The maximum absolute atomic E-state index is 15.4. The van der Waals surface area contributed by atoms with E-state index in [0.29, 0.717) is 0 Å². The van der Waals surface area contributed by atoms with Crippen molar-refractivity contribution >= 4 is 51.0 Å². The van der Waals surface area contributed by atoms with Gasteiger partial charge in [-0.3, -0.25) is 0 Å². The van der Waals surface area contributed by atoms with E-state index in [2.05, 4.69) is 96.1 Å². The molecule has 0 aliphatic carbocycles. The predicted molar refractivity (Wildman–Crippen MR) is 134 cm³/mol. The second-order valence-corrected chi connectivity index (χ2v) is 11.3. The maximum atomic E-state index is 15.4. The molecule has 1 atom stereocenters. The monoisotopic (exact) mass is 432 g/mol. The Kier molecular flexibility index (Phi) is 3.40. The number of hydrogen-bond acceptors (Lipinski definition) is 2. The third-order valence-electron chi connectivity index (χ3n) is 7.13. The summed E-state index contributed by atoms with van der Waals surface area (Å²) < 4.78 is 17.7. The smallest absolute Gasteiger partial charge is 0.179 e. The number of anilines is 3. The van der Waals surface area contributed by atoms with Crippen LogP contribution in [0.15, 0.2) is 91.0 Å². The van der Waals surface area contributed by atoms with Crippen LogP contribution >= 0.6 is 7.14 Å². The molecule has 0 saturated carbocycles. The van der Waals surface area contributed by atoms with Crippen LogP contribution in [0.1, 0.15) is 11.3 Å². The lowest BCUT2D eigenvalue weighted by Crippen LogP contribution is -2.41. The summed E-state index contributed by atoms with van der Waals surface area (Å²) in [5.74, 6) is 0. The van der Waals surface area contributed by atoms with Gasteiger partial charge >= 0.3 is 0 Å². The van der Waals surface area contributed by atoms with Crippen molar-refractivity contribution in [1.29, 1.82) is 0 Å². The minimum absolute atomic E-state index is 0.916. The first-order valence-electron chi connectivity index (χ1n) is 10.9. The highest BCUT2D eigenvalue weighted by Crippen LogP contribution is 2.58. The molecule has 2 aliphatic rings. The molecule has 32 heavy (non-hydrogen) atoms. The summed E-state index contributed by atoms with van der Waals surface area (Å²) in [6, 6.07) is 31.2. The van der Waals surface area contributed by atoms with E-state index in [1.165, 1.54) is 16.6 Å².